The van der Waals surface area contributed by atoms with Gasteiger partial charge in [-0.05, 0) is 25.0 Å². The summed E-state index contributed by atoms with van der Waals surface area (Å²) in [7, 11) is 1.86. The molecule has 1 aromatic rings. The number of nitrogens with one attached hydrogen (secondary N) is 1. The summed E-state index contributed by atoms with van der Waals surface area (Å²) >= 11 is 0. The lowest BCUT2D eigenvalue weighted by Crippen LogP contribution is -2.53. The molecule has 1 aromatic heterocycles. The first-order valence-electron chi connectivity index (χ1n) is 7.60. The van der Waals surface area contributed by atoms with E-state index < -0.39 is 0 Å². The number of aromatic nitrogens is 1. The Balaban J connectivity index is 1.74. The van der Waals surface area contributed by atoms with E-state index in [4.69, 9.17) is 0 Å². The van der Waals surface area contributed by atoms with E-state index in [0.717, 1.165) is 39.0 Å². The second-order valence-corrected chi connectivity index (χ2v) is 5.74. The minimum Gasteiger partial charge on any atom is -0.347 e. The predicted octanol–water partition coefficient (Wildman–Crippen LogP) is 0.0615. The summed E-state index contributed by atoms with van der Waals surface area (Å²) in [5.41, 5.74) is 0.648. The summed E-state index contributed by atoms with van der Waals surface area (Å²) in [6, 6.07) is 3.38. The maximum absolute atomic E-state index is 12.7. The van der Waals surface area contributed by atoms with Crippen molar-refractivity contribution in [2.45, 2.75) is 18.9 Å². The van der Waals surface area contributed by atoms with Gasteiger partial charge in [0.2, 0.25) is 5.91 Å². The molecule has 2 fully saturated rings. The van der Waals surface area contributed by atoms with E-state index in [2.05, 4.69) is 5.32 Å². The van der Waals surface area contributed by atoms with Gasteiger partial charge in [0, 0.05) is 46.0 Å². The lowest BCUT2D eigenvalue weighted by molar-refractivity contribution is -0.135. The second kappa shape index (κ2) is 5.89. The van der Waals surface area contributed by atoms with Crippen LogP contribution in [0.2, 0.25) is 0 Å². The molecule has 3 rings (SSSR count). The van der Waals surface area contributed by atoms with Crippen molar-refractivity contribution in [3.8, 4) is 0 Å². The van der Waals surface area contributed by atoms with Gasteiger partial charge in [-0.2, -0.15) is 0 Å². The first-order chi connectivity index (χ1) is 10.2. The van der Waals surface area contributed by atoms with Crippen molar-refractivity contribution >= 4 is 11.8 Å². The van der Waals surface area contributed by atoms with Gasteiger partial charge in [0.1, 0.15) is 11.7 Å². The van der Waals surface area contributed by atoms with Gasteiger partial charge in [0.25, 0.3) is 5.91 Å². The fraction of sp³-hybridized carbons (Fsp3) is 0.600. The van der Waals surface area contributed by atoms with Gasteiger partial charge in [0.05, 0.1) is 0 Å². The summed E-state index contributed by atoms with van der Waals surface area (Å²) in [6.07, 6.45) is 3.54. The third kappa shape index (κ3) is 2.68. The molecule has 6 nitrogen and oxygen atoms in total. The van der Waals surface area contributed by atoms with Crippen LogP contribution >= 0.6 is 0 Å². The lowest BCUT2D eigenvalue weighted by atomic mass is 10.1. The molecular formula is C15H22N4O2. The monoisotopic (exact) mass is 290 g/mol. The van der Waals surface area contributed by atoms with Crippen LogP contribution in [-0.4, -0.2) is 64.9 Å². The van der Waals surface area contributed by atoms with Crippen molar-refractivity contribution < 1.29 is 9.59 Å². The van der Waals surface area contributed by atoms with E-state index in [0.29, 0.717) is 12.2 Å². The molecule has 21 heavy (non-hydrogen) atoms. The van der Waals surface area contributed by atoms with Gasteiger partial charge in [-0.3, -0.25) is 9.59 Å². The molecule has 2 aliphatic heterocycles. The zero-order valence-corrected chi connectivity index (χ0v) is 12.4. The Morgan fingerprint density at radius 1 is 1.24 bits per heavy atom. The third-order valence-corrected chi connectivity index (χ3v) is 4.39. The number of likely N-dealkylation sites (tertiary alicyclic amines) is 1. The molecule has 2 aliphatic rings. The van der Waals surface area contributed by atoms with Crippen molar-refractivity contribution in [3.05, 3.63) is 24.0 Å². The molecular weight excluding hydrogens is 268 g/mol. The summed E-state index contributed by atoms with van der Waals surface area (Å²) in [6.45, 7) is 3.82. The maximum atomic E-state index is 12.7. The Kier molecular flexibility index (Phi) is 3.96. The highest BCUT2D eigenvalue weighted by molar-refractivity contribution is 5.96. The van der Waals surface area contributed by atoms with Gasteiger partial charge in [-0.15, -0.1) is 0 Å². The number of aryl methyl sites for hydroxylation is 1. The fourth-order valence-electron chi connectivity index (χ4n) is 3.19. The Hall–Kier alpha value is -1.82. The molecule has 1 atom stereocenters. The smallest absolute Gasteiger partial charge is 0.271 e. The minimum atomic E-state index is -0.287. The van der Waals surface area contributed by atoms with E-state index in [1.165, 1.54) is 0 Å². The van der Waals surface area contributed by atoms with Crippen LogP contribution in [0.5, 0.6) is 0 Å². The van der Waals surface area contributed by atoms with Crippen LogP contribution in [0.4, 0.5) is 0 Å². The molecule has 0 spiro atoms. The van der Waals surface area contributed by atoms with Crippen molar-refractivity contribution in [3.63, 3.8) is 0 Å². The Morgan fingerprint density at radius 3 is 2.67 bits per heavy atom. The number of carbonyl (C=O) groups excluding carboxylic acids is 2. The van der Waals surface area contributed by atoms with Crippen LogP contribution in [-0.2, 0) is 11.8 Å². The SMILES string of the molecule is Cn1cccc1C(=O)N1CCCC1C(=O)N1CCNCC1. The molecule has 1 N–H and O–H groups in total. The highest BCUT2D eigenvalue weighted by Gasteiger charge is 2.37. The molecule has 2 amide bonds. The average Bonchev–Trinajstić information content (AvgIpc) is 3.15. The molecule has 6 heteroatoms. The molecule has 0 aromatic carbocycles. The number of amides is 2. The third-order valence-electron chi connectivity index (χ3n) is 4.39. The normalized spacial score (nSPS) is 22.6. The molecule has 0 aliphatic carbocycles. The summed E-state index contributed by atoms with van der Waals surface area (Å²) < 4.78 is 1.81. The van der Waals surface area contributed by atoms with Crippen LogP contribution in [0.3, 0.4) is 0 Å². The Bertz CT molecular complexity index is 534. The highest BCUT2D eigenvalue weighted by atomic mass is 16.2. The predicted molar refractivity (Wildman–Crippen MR) is 78.9 cm³/mol. The molecule has 2 saturated heterocycles. The van der Waals surface area contributed by atoms with Gasteiger partial charge < -0.3 is 19.7 Å². The summed E-state index contributed by atoms with van der Waals surface area (Å²) in [5, 5.41) is 3.25. The number of rotatable bonds is 2. The van der Waals surface area contributed by atoms with E-state index in [9.17, 15) is 9.59 Å². The first kappa shape index (κ1) is 14.1. The first-order valence-corrected chi connectivity index (χ1v) is 7.60. The average molecular weight is 290 g/mol. The van der Waals surface area contributed by atoms with E-state index in [1.54, 1.807) is 4.90 Å². The molecule has 0 bridgehead atoms. The molecule has 0 saturated carbocycles. The van der Waals surface area contributed by atoms with Crippen molar-refractivity contribution in [1.29, 1.82) is 0 Å². The van der Waals surface area contributed by atoms with E-state index >= 15 is 0 Å². The zero-order chi connectivity index (χ0) is 14.8. The van der Waals surface area contributed by atoms with Crippen molar-refractivity contribution in [2.75, 3.05) is 32.7 Å². The fourth-order valence-corrected chi connectivity index (χ4v) is 3.19. The number of hydrogen-bond donors (Lipinski definition) is 1. The van der Waals surface area contributed by atoms with Gasteiger partial charge in [0.15, 0.2) is 0 Å². The van der Waals surface area contributed by atoms with Crippen LogP contribution in [0.15, 0.2) is 18.3 Å². The van der Waals surface area contributed by atoms with Crippen LogP contribution in [0.25, 0.3) is 0 Å². The second-order valence-electron chi connectivity index (χ2n) is 5.74. The zero-order valence-electron chi connectivity index (χ0n) is 12.4. The number of carbonyl (C=O) groups is 2. The van der Waals surface area contributed by atoms with Crippen LogP contribution in [0.1, 0.15) is 23.3 Å². The largest absolute Gasteiger partial charge is 0.347 e. The molecule has 114 valence electrons. The highest BCUT2D eigenvalue weighted by Crippen LogP contribution is 2.22. The molecule has 1 unspecified atom stereocenters. The Labute approximate surface area is 124 Å². The topological polar surface area (TPSA) is 57.6 Å². The Morgan fingerprint density at radius 2 is 2.00 bits per heavy atom. The lowest BCUT2D eigenvalue weighted by Gasteiger charge is -2.33. The van der Waals surface area contributed by atoms with Gasteiger partial charge >= 0.3 is 0 Å². The summed E-state index contributed by atoms with van der Waals surface area (Å²) in [5.74, 6) is 0.0741. The van der Waals surface area contributed by atoms with Gasteiger partial charge in [-0.1, -0.05) is 0 Å². The number of piperazine rings is 1. The quantitative estimate of drug-likeness (QED) is 0.838. The molecule has 3 heterocycles. The van der Waals surface area contributed by atoms with Crippen molar-refractivity contribution in [1.82, 2.24) is 19.7 Å². The molecule has 0 radical (unpaired) electrons. The van der Waals surface area contributed by atoms with E-state index in [1.807, 2.05) is 34.8 Å². The van der Waals surface area contributed by atoms with E-state index in [-0.39, 0.29) is 17.9 Å². The summed E-state index contributed by atoms with van der Waals surface area (Å²) in [4.78, 5) is 29.0. The minimum absolute atomic E-state index is 0.0338. The maximum Gasteiger partial charge on any atom is 0.271 e. The number of nitrogens with zero attached hydrogens (tertiary/aromatic N) is 3. The standard InChI is InChI=1S/C15H22N4O2/c1-17-8-2-4-12(17)15(21)19-9-3-5-13(19)14(20)18-10-6-16-7-11-18/h2,4,8,13,16H,3,5-7,9-11H2,1H3. The van der Waals surface area contributed by atoms with Crippen LogP contribution in [0, 0.1) is 0 Å². The van der Waals surface area contributed by atoms with Crippen LogP contribution < -0.4 is 5.32 Å². The van der Waals surface area contributed by atoms with Gasteiger partial charge in [-0.25, -0.2) is 0 Å². The number of hydrogen-bond acceptors (Lipinski definition) is 3. The van der Waals surface area contributed by atoms with Crippen molar-refractivity contribution in [2.24, 2.45) is 7.05 Å².